The van der Waals surface area contributed by atoms with E-state index in [-0.39, 0.29) is 0 Å². The molecule has 0 radical (unpaired) electrons. The largest absolute Gasteiger partial charge is 0.454 e. The Morgan fingerprint density at radius 3 is 1.79 bits per heavy atom. The van der Waals surface area contributed by atoms with Gasteiger partial charge >= 0.3 is 0 Å². The van der Waals surface area contributed by atoms with Crippen molar-refractivity contribution in [3.63, 3.8) is 0 Å². The Morgan fingerprint density at radius 1 is 0.357 bits per heavy atom. The molecule has 0 atom stereocenters. The third-order valence-corrected chi connectivity index (χ3v) is 12.0. The summed E-state index contributed by atoms with van der Waals surface area (Å²) in [4.78, 5) is 7.22. The molecule has 0 amide bonds. The predicted molar refractivity (Wildman–Crippen MR) is 236 cm³/mol. The topological polar surface area (TPSA) is 19.6 Å². The Labute approximate surface area is 329 Å². The summed E-state index contributed by atoms with van der Waals surface area (Å²) in [5, 5.41) is 4.73. The summed E-state index contributed by atoms with van der Waals surface area (Å²) in [6, 6.07) is 73.7. The third-order valence-electron chi connectivity index (χ3n) is 10.8. The van der Waals surface area contributed by atoms with Gasteiger partial charge < -0.3 is 14.2 Å². The fourth-order valence-corrected chi connectivity index (χ4v) is 9.54. The van der Waals surface area contributed by atoms with E-state index in [1.54, 1.807) is 0 Å². The first-order valence-corrected chi connectivity index (χ1v) is 19.7. The number of rotatable bonds is 7. The summed E-state index contributed by atoms with van der Waals surface area (Å²) < 4.78 is 6.69. The summed E-state index contributed by atoms with van der Waals surface area (Å²) in [6.07, 6.45) is 0. The first kappa shape index (κ1) is 32.4. The number of hydrogen-bond acceptors (Lipinski definition) is 4. The van der Waals surface area contributed by atoms with Gasteiger partial charge in [0.15, 0.2) is 5.58 Å². The van der Waals surface area contributed by atoms with Crippen LogP contribution >= 0.6 is 11.8 Å². The SMILES string of the molecule is c1ccc(-c2ccccc2N(c2ccc3c(c2)Sc2cccc4c(N(c5ccccc5)c5ccccc5)ccc-3c24)c2cccc3c2oc2ccccc23)cc1. The second-order valence-electron chi connectivity index (χ2n) is 14.1. The maximum absolute atomic E-state index is 6.69. The van der Waals surface area contributed by atoms with Crippen molar-refractivity contribution in [2.45, 2.75) is 9.79 Å². The molecule has 9 aromatic carbocycles. The highest BCUT2D eigenvalue weighted by Gasteiger charge is 2.27. The van der Waals surface area contributed by atoms with E-state index in [4.69, 9.17) is 4.42 Å². The molecular formula is C52H34N2OS. The maximum atomic E-state index is 6.69. The molecule has 0 aliphatic carbocycles. The Hall–Kier alpha value is -7.01. The molecule has 11 rings (SSSR count). The maximum Gasteiger partial charge on any atom is 0.159 e. The average molecular weight is 735 g/mol. The molecule has 0 bridgehead atoms. The van der Waals surface area contributed by atoms with Crippen LogP contribution in [0.15, 0.2) is 220 Å². The van der Waals surface area contributed by atoms with Crippen molar-refractivity contribution in [2.75, 3.05) is 9.80 Å². The van der Waals surface area contributed by atoms with E-state index in [2.05, 4.69) is 210 Å². The van der Waals surface area contributed by atoms with E-state index in [1.807, 2.05) is 17.8 Å². The van der Waals surface area contributed by atoms with Crippen molar-refractivity contribution in [3.8, 4) is 22.3 Å². The first-order chi connectivity index (χ1) is 27.8. The molecule has 264 valence electrons. The lowest BCUT2D eigenvalue weighted by Crippen LogP contribution is -2.12. The van der Waals surface area contributed by atoms with Gasteiger partial charge in [-0.25, -0.2) is 0 Å². The molecule has 0 N–H and O–H groups in total. The van der Waals surface area contributed by atoms with Gasteiger partial charge in [0.25, 0.3) is 0 Å². The smallest absolute Gasteiger partial charge is 0.159 e. The van der Waals surface area contributed by atoms with Crippen molar-refractivity contribution in [1.82, 2.24) is 0 Å². The van der Waals surface area contributed by atoms with Crippen LogP contribution in [-0.2, 0) is 0 Å². The molecule has 10 aromatic rings. The number of fused-ring (bicyclic) bond motifs is 5. The monoisotopic (exact) mass is 734 g/mol. The molecule has 1 aliphatic heterocycles. The van der Waals surface area contributed by atoms with E-state index in [0.717, 1.165) is 67.2 Å². The molecule has 0 unspecified atom stereocenters. The van der Waals surface area contributed by atoms with Gasteiger partial charge in [0.1, 0.15) is 5.58 Å². The van der Waals surface area contributed by atoms with Crippen LogP contribution in [0.25, 0.3) is 55.0 Å². The van der Waals surface area contributed by atoms with Gasteiger partial charge in [-0.05, 0) is 83.4 Å². The number of para-hydroxylation sites is 5. The minimum Gasteiger partial charge on any atom is -0.454 e. The Balaban J connectivity index is 1.10. The summed E-state index contributed by atoms with van der Waals surface area (Å²) in [6.45, 7) is 0. The first-order valence-electron chi connectivity index (χ1n) is 18.9. The number of furan rings is 1. The van der Waals surface area contributed by atoms with Crippen molar-refractivity contribution >= 4 is 78.6 Å². The van der Waals surface area contributed by atoms with Gasteiger partial charge in [0.2, 0.25) is 0 Å². The number of hydrogen-bond donors (Lipinski definition) is 0. The lowest BCUT2D eigenvalue weighted by Gasteiger charge is -2.31. The Bertz CT molecular complexity index is 3030. The van der Waals surface area contributed by atoms with Crippen LogP contribution in [0.5, 0.6) is 0 Å². The Morgan fingerprint density at radius 2 is 0.982 bits per heavy atom. The minimum absolute atomic E-state index is 0.867. The molecular weight excluding hydrogens is 701 g/mol. The van der Waals surface area contributed by atoms with E-state index < -0.39 is 0 Å². The highest BCUT2D eigenvalue weighted by atomic mass is 32.2. The summed E-state index contributed by atoms with van der Waals surface area (Å²) in [5.41, 5.74) is 13.1. The third kappa shape index (κ3) is 5.30. The zero-order valence-corrected chi connectivity index (χ0v) is 31.2. The summed E-state index contributed by atoms with van der Waals surface area (Å²) in [7, 11) is 0. The fourth-order valence-electron chi connectivity index (χ4n) is 8.37. The molecule has 3 nitrogen and oxygen atoms in total. The highest BCUT2D eigenvalue weighted by Crippen LogP contribution is 2.53. The highest BCUT2D eigenvalue weighted by molar-refractivity contribution is 7.99. The summed E-state index contributed by atoms with van der Waals surface area (Å²) in [5.74, 6) is 0. The van der Waals surface area contributed by atoms with Gasteiger partial charge in [0, 0.05) is 54.0 Å². The van der Waals surface area contributed by atoms with E-state index in [1.165, 1.54) is 31.7 Å². The predicted octanol–water partition coefficient (Wildman–Crippen LogP) is 15.5. The fraction of sp³-hybridized carbons (Fsp3) is 0. The van der Waals surface area contributed by atoms with Crippen molar-refractivity contribution in [3.05, 3.63) is 206 Å². The lowest BCUT2D eigenvalue weighted by atomic mass is 9.95. The van der Waals surface area contributed by atoms with Gasteiger partial charge in [-0.15, -0.1) is 0 Å². The van der Waals surface area contributed by atoms with Crippen LogP contribution < -0.4 is 9.80 Å². The minimum atomic E-state index is 0.867. The molecule has 0 fully saturated rings. The molecule has 1 aromatic heterocycles. The van der Waals surface area contributed by atoms with E-state index in [9.17, 15) is 0 Å². The average Bonchev–Trinajstić information content (AvgIpc) is 3.65. The van der Waals surface area contributed by atoms with Crippen molar-refractivity contribution in [1.29, 1.82) is 0 Å². The normalized spacial score (nSPS) is 11.9. The molecule has 56 heavy (non-hydrogen) atoms. The Kier molecular flexibility index (Phi) is 7.75. The molecule has 2 heterocycles. The van der Waals surface area contributed by atoms with Crippen LogP contribution in [0.2, 0.25) is 0 Å². The molecule has 0 spiro atoms. The van der Waals surface area contributed by atoms with Crippen LogP contribution in [0, 0.1) is 0 Å². The zero-order valence-electron chi connectivity index (χ0n) is 30.3. The van der Waals surface area contributed by atoms with Crippen LogP contribution in [0.4, 0.5) is 34.1 Å². The zero-order chi connectivity index (χ0) is 37.0. The van der Waals surface area contributed by atoms with Crippen LogP contribution in [-0.4, -0.2) is 0 Å². The van der Waals surface area contributed by atoms with Gasteiger partial charge in [-0.2, -0.15) is 0 Å². The van der Waals surface area contributed by atoms with Crippen molar-refractivity contribution < 1.29 is 4.42 Å². The molecule has 4 heteroatoms. The number of anilines is 6. The van der Waals surface area contributed by atoms with Gasteiger partial charge in [-0.1, -0.05) is 151 Å². The standard InChI is InChI=1S/C52H34N2OS/c1-4-16-35(17-5-1)39-22-10-12-26-45(39)54(47-27-14-24-43-40-23-11-13-28-48(40)55-52(43)47)38-30-31-41-42-32-33-46(44-25-15-29-49(51(42)44)56-50(41)34-38)53(36-18-6-2-7-19-36)37-20-8-3-9-21-37/h1-34H. The van der Waals surface area contributed by atoms with Gasteiger partial charge in [0.05, 0.1) is 17.1 Å². The second-order valence-corrected chi connectivity index (χ2v) is 15.2. The van der Waals surface area contributed by atoms with E-state index in [0.29, 0.717) is 0 Å². The van der Waals surface area contributed by atoms with Crippen LogP contribution in [0.1, 0.15) is 0 Å². The van der Waals surface area contributed by atoms with E-state index >= 15 is 0 Å². The lowest BCUT2D eigenvalue weighted by molar-refractivity contribution is 0.669. The molecule has 0 saturated carbocycles. The van der Waals surface area contributed by atoms with Crippen molar-refractivity contribution in [2.24, 2.45) is 0 Å². The molecule has 0 saturated heterocycles. The number of benzene rings is 9. The molecule has 1 aliphatic rings. The second kappa shape index (κ2) is 13.4. The quantitative estimate of drug-likeness (QED) is 0.162. The van der Waals surface area contributed by atoms with Gasteiger partial charge in [-0.3, -0.25) is 0 Å². The van der Waals surface area contributed by atoms with Crippen LogP contribution in [0.3, 0.4) is 0 Å². The summed E-state index contributed by atoms with van der Waals surface area (Å²) >= 11 is 1.85. The number of nitrogens with zero attached hydrogens (tertiary/aromatic N) is 2.